The van der Waals surface area contributed by atoms with Gasteiger partial charge in [-0.3, -0.25) is 16.0 Å². The highest BCUT2D eigenvalue weighted by Crippen LogP contribution is 2.31. The third kappa shape index (κ3) is 4.15. The van der Waals surface area contributed by atoms with Crippen molar-refractivity contribution in [3.63, 3.8) is 0 Å². The van der Waals surface area contributed by atoms with Gasteiger partial charge in [0.1, 0.15) is 0 Å². The molecule has 3 N–H and O–H groups in total. The molecule has 0 spiro atoms. The lowest BCUT2D eigenvalue weighted by molar-refractivity contribution is -0.384. The van der Waals surface area contributed by atoms with E-state index in [0.717, 1.165) is 18.4 Å². The van der Waals surface area contributed by atoms with E-state index in [1.807, 2.05) is 0 Å². The number of nitrogens with two attached hydrogens (primary N) is 1. The molecule has 0 aromatic heterocycles. The van der Waals surface area contributed by atoms with Gasteiger partial charge in [-0.25, -0.2) is 0 Å². The Bertz CT molecular complexity index is 497. The number of benzene rings is 1. The van der Waals surface area contributed by atoms with Gasteiger partial charge in [-0.2, -0.15) is 0 Å². The van der Waals surface area contributed by atoms with Crippen LogP contribution in [0.3, 0.4) is 0 Å². The van der Waals surface area contributed by atoms with E-state index in [-0.39, 0.29) is 11.8 Å². The number of nitro benzene ring substituents is 1. The summed E-state index contributed by atoms with van der Waals surface area (Å²) < 4.78 is 5.97. The lowest BCUT2D eigenvalue weighted by Crippen LogP contribution is -2.26. The van der Waals surface area contributed by atoms with Gasteiger partial charge in [0.15, 0.2) is 0 Å². The Morgan fingerprint density at radius 3 is 2.57 bits per heavy atom. The Kier molecular flexibility index (Phi) is 5.14. The smallest absolute Gasteiger partial charge is 0.269 e. The summed E-state index contributed by atoms with van der Waals surface area (Å²) in [6, 6.07) is 4.57. The molecule has 1 aliphatic rings. The SMILES string of the molecule is CC1CC(C)CC(OCc2cc([N+](=O)[O-])ccc2NN)C1. The molecule has 0 saturated heterocycles. The van der Waals surface area contributed by atoms with E-state index in [9.17, 15) is 10.1 Å². The first-order valence-electron chi connectivity index (χ1n) is 7.35. The Hall–Kier alpha value is -1.66. The van der Waals surface area contributed by atoms with Gasteiger partial charge < -0.3 is 10.2 Å². The molecule has 1 aromatic carbocycles. The highest BCUT2D eigenvalue weighted by molar-refractivity contribution is 5.55. The van der Waals surface area contributed by atoms with Crippen LogP contribution in [0.2, 0.25) is 0 Å². The summed E-state index contributed by atoms with van der Waals surface area (Å²) in [4.78, 5) is 10.4. The summed E-state index contributed by atoms with van der Waals surface area (Å²) in [6.07, 6.45) is 3.55. The molecule has 2 atom stereocenters. The zero-order valence-electron chi connectivity index (χ0n) is 12.5. The minimum atomic E-state index is -0.408. The molecule has 6 nitrogen and oxygen atoms in total. The van der Waals surface area contributed by atoms with Crippen LogP contribution in [0.25, 0.3) is 0 Å². The zero-order chi connectivity index (χ0) is 15.4. The van der Waals surface area contributed by atoms with E-state index in [2.05, 4.69) is 19.3 Å². The Morgan fingerprint density at radius 2 is 2.00 bits per heavy atom. The summed E-state index contributed by atoms with van der Waals surface area (Å²) in [5, 5.41) is 10.9. The lowest BCUT2D eigenvalue weighted by atomic mass is 9.82. The first-order chi connectivity index (χ1) is 9.99. The molecule has 2 unspecified atom stereocenters. The van der Waals surface area contributed by atoms with Gasteiger partial charge in [0, 0.05) is 17.7 Å². The van der Waals surface area contributed by atoms with Gasteiger partial charge in [-0.05, 0) is 37.2 Å². The standard InChI is InChI=1S/C15H23N3O3/c1-10-5-11(2)7-14(6-10)21-9-12-8-13(18(19)20)3-4-15(12)17-16/h3-4,8,10-11,14,17H,5-7,9,16H2,1-2H3. The van der Waals surface area contributed by atoms with Gasteiger partial charge >= 0.3 is 0 Å². The van der Waals surface area contributed by atoms with E-state index in [1.165, 1.54) is 18.6 Å². The molecule has 0 amide bonds. The number of hydrogen-bond acceptors (Lipinski definition) is 5. The zero-order valence-corrected chi connectivity index (χ0v) is 12.5. The van der Waals surface area contributed by atoms with Crippen molar-refractivity contribution in [1.82, 2.24) is 0 Å². The first-order valence-corrected chi connectivity index (χ1v) is 7.35. The van der Waals surface area contributed by atoms with Crippen molar-refractivity contribution in [2.24, 2.45) is 17.7 Å². The van der Waals surface area contributed by atoms with Crippen molar-refractivity contribution in [3.8, 4) is 0 Å². The van der Waals surface area contributed by atoms with Gasteiger partial charge in [-0.15, -0.1) is 0 Å². The molecule has 0 radical (unpaired) electrons. The van der Waals surface area contributed by atoms with Crippen LogP contribution in [0.1, 0.15) is 38.7 Å². The fraction of sp³-hybridized carbons (Fsp3) is 0.600. The van der Waals surface area contributed by atoms with E-state index in [0.29, 0.717) is 24.1 Å². The van der Waals surface area contributed by atoms with Crippen LogP contribution in [0, 0.1) is 22.0 Å². The van der Waals surface area contributed by atoms with Crippen LogP contribution >= 0.6 is 0 Å². The number of anilines is 1. The maximum absolute atomic E-state index is 10.9. The van der Waals surface area contributed by atoms with Crippen molar-refractivity contribution in [3.05, 3.63) is 33.9 Å². The highest BCUT2D eigenvalue weighted by atomic mass is 16.6. The number of nitrogens with zero attached hydrogens (tertiary/aromatic N) is 1. The molecule has 0 aliphatic heterocycles. The Balaban J connectivity index is 2.04. The van der Waals surface area contributed by atoms with Gasteiger partial charge in [-0.1, -0.05) is 13.8 Å². The normalized spacial score (nSPS) is 25.6. The second-order valence-corrected chi connectivity index (χ2v) is 6.09. The molecular formula is C15H23N3O3. The summed E-state index contributed by atoms with van der Waals surface area (Å²) in [7, 11) is 0. The number of hydrazine groups is 1. The molecule has 2 rings (SSSR count). The summed E-state index contributed by atoms with van der Waals surface area (Å²) in [6.45, 7) is 4.82. The average Bonchev–Trinajstić information content (AvgIpc) is 2.43. The van der Waals surface area contributed by atoms with Crippen molar-refractivity contribution in [1.29, 1.82) is 0 Å². The van der Waals surface area contributed by atoms with Crippen LogP contribution in [0.5, 0.6) is 0 Å². The molecule has 0 heterocycles. The van der Waals surface area contributed by atoms with E-state index >= 15 is 0 Å². The topological polar surface area (TPSA) is 90.4 Å². The van der Waals surface area contributed by atoms with Crippen LogP contribution in [0.15, 0.2) is 18.2 Å². The number of nitrogen functional groups attached to an aromatic ring is 1. The summed E-state index contributed by atoms with van der Waals surface area (Å²) in [5.74, 6) is 6.78. The summed E-state index contributed by atoms with van der Waals surface area (Å²) >= 11 is 0. The van der Waals surface area contributed by atoms with E-state index in [1.54, 1.807) is 6.07 Å². The van der Waals surface area contributed by atoms with Crippen molar-refractivity contribution in [2.75, 3.05) is 5.43 Å². The first kappa shape index (κ1) is 15.7. The fourth-order valence-corrected chi connectivity index (χ4v) is 3.17. The molecule has 0 bridgehead atoms. The predicted molar refractivity (Wildman–Crippen MR) is 81.7 cm³/mol. The molecule has 21 heavy (non-hydrogen) atoms. The molecule has 1 fully saturated rings. The summed E-state index contributed by atoms with van der Waals surface area (Å²) in [5.41, 5.74) is 4.00. The minimum Gasteiger partial charge on any atom is -0.373 e. The van der Waals surface area contributed by atoms with E-state index in [4.69, 9.17) is 10.6 Å². The van der Waals surface area contributed by atoms with Crippen LogP contribution in [-0.2, 0) is 11.3 Å². The molecule has 6 heteroatoms. The number of hydrogen-bond donors (Lipinski definition) is 2. The van der Waals surface area contributed by atoms with Gasteiger partial charge in [0.2, 0.25) is 0 Å². The maximum Gasteiger partial charge on any atom is 0.269 e. The monoisotopic (exact) mass is 293 g/mol. The Morgan fingerprint density at radius 1 is 1.33 bits per heavy atom. The molecule has 1 aliphatic carbocycles. The van der Waals surface area contributed by atoms with Crippen LogP contribution < -0.4 is 11.3 Å². The van der Waals surface area contributed by atoms with Gasteiger partial charge in [0.25, 0.3) is 5.69 Å². The van der Waals surface area contributed by atoms with Crippen LogP contribution in [-0.4, -0.2) is 11.0 Å². The third-order valence-electron chi connectivity index (χ3n) is 4.06. The molecule has 1 aromatic rings. The average molecular weight is 293 g/mol. The highest BCUT2D eigenvalue weighted by Gasteiger charge is 2.24. The number of nitro groups is 1. The second-order valence-electron chi connectivity index (χ2n) is 6.09. The predicted octanol–water partition coefficient (Wildman–Crippen LogP) is 3.22. The fourth-order valence-electron chi connectivity index (χ4n) is 3.17. The van der Waals surface area contributed by atoms with E-state index < -0.39 is 4.92 Å². The van der Waals surface area contributed by atoms with Gasteiger partial charge in [0.05, 0.1) is 23.3 Å². The third-order valence-corrected chi connectivity index (χ3v) is 4.06. The second kappa shape index (κ2) is 6.87. The van der Waals surface area contributed by atoms with Crippen LogP contribution in [0.4, 0.5) is 11.4 Å². The van der Waals surface area contributed by atoms with Crippen molar-refractivity contribution >= 4 is 11.4 Å². The number of ether oxygens (including phenoxy) is 1. The molecule has 1 saturated carbocycles. The number of rotatable bonds is 5. The largest absolute Gasteiger partial charge is 0.373 e. The van der Waals surface area contributed by atoms with Crippen molar-refractivity contribution < 1.29 is 9.66 Å². The lowest BCUT2D eigenvalue weighted by Gasteiger charge is -2.31. The Labute approximate surface area is 124 Å². The number of non-ortho nitro benzene ring substituents is 1. The van der Waals surface area contributed by atoms with Crippen molar-refractivity contribution in [2.45, 2.75) is 45.8 Å². The maximum atomic E-state index is 10.9. The minimum absolute atomic E-state index is 0.0537. The molecule has 116 valence electrons. The quantitative estimate of drug-likeness (QED) is 0.494. The molecular weight excluding hydrogens is 270 g/mol. The number of nitrogens with one attached hydrogen (secondary N) is 1.